The second kappa shape index (κ2) is 7.72. The first-order valence-corrected chi connectivity index (χ1v) is 10.1. The van der Waals surface area contributed by atoms with Crippen molar-refractivity contribution in [2.75, 3.05) is 31.6 Å². The van der Waals surface area contributed by atoms with E-state index in [0.717, 1.165) is 35.9 Å². The Balaban J connectivity index is 1.48. The van der Waals surface area contributed by atoms with E-state index in [9.17, 15) is 9.59 Å². The van der Waals surface area contributed by atoms with E-state index in [0.29, 0.717) is 37.0 Å². The normalized spacial score (nSPS) is 18.8. The molecule has 1 saturated heterocycles. The summed E-state index contributed by atoms with van der Waals surface area (Å²) < 4.78 is 6.22. The molecule has 0 unspecified atom stereocenters. The minimum absolute atomic E-state index is 0.0244. The second-order valence-corrected chi connectivity index (χ2v) is 7.96. The van der Waals surface area contributed by atoms with Crippen LogP contribution in [0.1, 0.15) is 42.5 Å². The fourth-order valence-corrected chi connectivity index (χ4v) is 4.54. The van der Waals surface area contributed by atoms with Crippen molar-refractivity contribution in [2.45, 2.75) is 32.1 Å². The molecule has 0 atom stereocenters. The number of carbonyl (C=O) groups is 2. The van der Waals surface area contributed by atoms with E-state index >= 15 is 0 Å². The number of fused-ring (bicyclic) bond motifs is 1. The number of thiazole rings is 1. The number of hydrogen-bond donors (Lipinski definition) is 1. The summed E-state index contributed by atoms with van der Waals surface area (Å²) in [6, 6.07) is 5.55. The van der Waals surface area contributed by atoms with Crippen molar-refractivity contribution < 1.29 is 14.3 Å². The van der Waals surface area contributed by atoms with Crippen LogP contribution in [0.15, 0.2) is 18.2 Å². The number of nitrogens with one attached hydrogen (secondary N) is 1. The molecule has 1 saturated carbocycles. The molecule has 0 radical (unpaired) electrons. The van der Waals surface area contributed by atoms with Crippen LogP contribution >= 0.6 is 11.3 Å². The molecule has 2 amide bonds. The Bertz CT molecular complexity index is 807. The zero-order valence-corrected chi connectivity index (χ0v) is 15.5. The maximum absolute atomic E-state index is 12.6. The molecule has 0 spiro atoms. The van der Waals surface area contributed by atoms with Crippen molar-refractivity contribution in [1.29, 1.82) is 0 Å². The molecule has 1 aromatic heterocycles. The molecule has 2 aliphatic rings. The van der Waals surface area contributed by atoms with Gasteiger partial charge in [-0.3, -0.25) is 9.59 Å². The van der Waals surface area contributed by atoms with Gasteiger partial charge in [0.1, 0.15) is 0 Å². The van der Waals surface area contributed by atoms with Crippen LogP contribution in [-0.2, 0) is 9.53 Å². The first kappa shape index (κ1) is 17.4. The first-order valence-electron chi connectivity index (χ1n) is 9.29. The summed E-state index contributed by atoms with van der Waals surface area (Å²) in [5.41, 5.74) is 1.47. The molecule has 1 aromatic carbocycles. The van der Waals surface area contributed by atoms with Crippen molar-refractivity contribution in [3.8, 4) is 0 Å². The van der Waals surface area contributed by atoms with Crippen LogP contribution in [0.5, 0.6) is 0 Å². The van der Waals surface area contributed by atoms with Gasteiger partial charge in [0, 0.05) is 24.6 Å². The fraction of sp³-hybridized carbons (Fsp3) is 0.526. The Morgan fingerprint density at radius 3 is 2.69 bits per heavy atom. The summed E-state index contributed by atoms with van der Waals surface area (Å²) in [5.74, 6) is 0.207. The summed E-state index contributed by atoms with van der Waals surface area (Å²) in [6.45, 7) is 2.43. The smallest absolute Gasteiger partial charge is 0.254 e. The summed E-state index contributed by atoms with van der Waals surface area (Å²) >= 11 is 1.43. The predicted octanol–water partition coefficient (Wildman–Crippen LogP) is 3.29. The lowest BCUT2D eigenvalue weighted by molar-refractivity contribution is -0.120. The van der Waals surface area contributed by atoms with Crippen LogP contribution in [0.2, 0.25) is 0 Å². The monoisotopic (exact) mass is 373 g/mol. The SMILES string of the molecule is O=C(Nc1nc2ccc(C(=O)N3CCOCC3)cc2s1)C1CCCCC1. The standard InChI is InChI=1S/C19H23N3O3S/c23-17(13-4-2-1-3-5-13)21-19-20-15-7-6-14(12-16(15)26-19)18(24)22-8-10-25-11-9-22/h6-7,12-13H,1-5,8-11H2,(H,20,21,23). The summed E-state index contributed by atoms with van der Waals surface area (Å²) in [7, 11) is 0. The molecular weight excluding hydrogens is 350 g/mol. The third-order valence-corrected chi connectivity index (χ3v) is 6.07. The highest BCUT2D eigenvalue weighted by Crippen LogP contribution is 2.29. The van der Waals surface area contributed by atoms with E-state index in [4.69, 9.17) is 4.74 Å². The van der Waals surface area contributed by atoms with Gasteiger partial charge in [-0.1, -0.05) is 30.6 Å². The lowest BCUT2D eigenvalue weighted by atomic mass is 9.89. The third-order valence-electron chi connectivity index (χ3n) is 5.14. The third kappa shape index (κ3) is 3.73. The number of nitrogens with zero attached hydrogens (tertiary/aromatic N) is 2. The molecular formula is C19H23N3O3S. The van der Waals surface area contributed by atoms with Crippen LogP contribution in [0.25, 0.3) is 10.2 Å². The van der Waals surface area contributed by atoms with Crippen LogP contribution in [0.4, 0.5) is 5.13 Å². The Labute approximate surface area is 156 Å². The maximum atomic E-state index is 12.6. The van der Waals surface area contributed by atoms with Crippen molar-refractivity contribution in [1.82, 2.24) is 9.88 Å². The Kier molecular flexibility index (Phi) is 5.17. The number of benzene rings is 1. The highest BCUT2D eigenvalue weighted by atomic mass is 32.1. The number of carbonyl (C=O) groups excluding carboxylic acids is 2. The Hall–Kier alpha value is -1.99. The highest BCUT2D eigenvalue weighted by molar-refractivity contribution is 7.22. The lowest BCUT2D eigenvalue weighted by Gasteiger charge is -2.26. The quantitative estimate of drug-likeness (QED) is 0.896. The van der Waals surface area contributed by atoms with Crippen LogP contribution in [0.3, 0.4) is 0 Å². The van der Waals surface area contributed by atoms with E-state index in [1.54, 1.807) is 0 Å². The van der Waals surface area contributed by atoms with Gasteiger partial charge in [0.15, 0.2) is 5.13 Å². The molecule has 26 heavy (non-hydrogen) atoms. The van der Waals surface area contributed by atoms with E-state index in [-0.39, 0.29) is 17.7 Å². The molecule has 2 fully saturated rings. The summed E-state index contributed by atoms with van der Waals surface area (Å²) in [5, 5.41) is 3.59. The van der Waals surface area contributed by atoms with Gasteiger partial charge in [0.2, 0.25) is 5.91 Å². The number of amides is 2. The van der Waals surface area contributed by atoms with E-state index in [1.807, 2.05) is 23.1 Å². The molecule has 1 aliphatic heterocycles. The van der Waals surface area contributed by atoms with Gasteiger partial charge in [-0.2, -0.15) is 0 Å². The number of aromatic nitrogens is 1. The van der Waals surface area contributed by atoms with Crippen molar-refractivity contribution in [3.05, 3.63) is 23.8 Å². The van der Waals surface area contributed by atoms with Gasteiger partial charge in [0.25, 0.3) is 5.91 Å². The number of rotatable bonds is 3. The molecule has 1 aliphatic carbocycles. The zero-order chi connectivity index (χ0) is 17.9. The summed E-state index contributed by atoms with van der Waals surface area (Å²) in [6.07, 6.45) is 5.42. The van der Waals surface area contributed by atoms with Crippen molar-refractivity contribution in [2.24, 2.45) is 5.92 Å². The number of morpholine rings is 1. The average Bonchev–Trinajstić information content (AvgIpc) is 3.10. The minimum Gasteiger partial charge on any atom is -0.378 e. The summed E-state index contributed by atoms with van der Waals surface area (Å²) in [4.78, 5) is 31.3. The Morgan fingerprint density at radius 2 is 1.92 bits per heavy atom. The number of ether oxygens (including phenoxy) is 1. The molecule has 1 N–H and O–H groups in total. The van der Waals surface area contributed by atoms with Crippen molar-refractivity contribution >= 4 is 38.5 Å². The average molecular weight is 373 g/mol. The van der Waals surface area contributed by atoms with E-state index < -0.39 is 0 Å². The van der Waals surface area contributed by atoms with E-state index in [2.05, 4.69) is 10.3 Å². The zero-order valence-electron chi connectivity index (χ0n) is 14.7. The maximum Gasteiger partial charge on any atom is 0.254 e. The molecule has 6 nitrogen and oxygen atoms in total. The second-order valence-electron chi connectivity index (χ2n) is 6.93. The van der Waals surface area contributed by atoms with Gasteiger partial charge in [-0.05, 0) is 31.0 Å². The van der Waals surface area contributed by atoms with Crippen LogP contribution < -0.4 is 5.32 Å². The highest BCUT2D eigenvalue weighted by Gasteiger charge is 2.23. The topological polar surface area (TPSA) is 71.5 Å². The molecule has 2 heterocycles. The number of anilines is 1. The van der Waals surface area contributed by atoms with Gasteiger partial charge in [-0.15, -0.1) is 0 Å². The number of hydrogen-bond acceptors (Lipinski definition) is 5. The molecule has 7 heteroatoms. The predicted molar refractivity (Wildman–Crippen MR) is 102 cm³/mol. The van der Waals surface area contributed by atoms with Gasteiger partial charge in [0.05, 0.1) is 23.4 Å². The first-order chi connectivity index (χ1) is 12.7. The van der Waals surface area contributed by atoms with Gasteiger partial charge < -0.3 is 15.0 Å². The Morgan fingerprint density at radius 1 is 1.15 bits per heavy atom. The van der Waals surface area contributed by atoms with E-state index in [1.165, 1.54) is 17.8 Å². The minimum atomic E-state index is 0.0244. The molecule has 2 aromatic rings. The van der Waals surface area contributed by atoms with Crippen molar-refractivity contribution in [3.63, 3.8) is 0 Å². The van der Waals surface area contributed by atoms with Gasteiger partial charge in [-0.25, -0.2) is 4.98 Å². The van der Waals surface area contributed by atoms with Crippen LogP contribution in [-0.4, -0.2) is 48.0 Å². The largest absolute Gasteiger partial charge is 0.378 e. The molecule has 4 rings (SSSR count). The molecule has 0 bridgehead atoms. The lowest BCUT2D eigenvalue weighted by Crippen LogP contribution is -2.40. The van der Waals surface area contributed by atoms with Gasteiger partial charge >= 0.3 is 0 Å². The molecule has 138 valence electrons. The van der Waals surface area contributed by atoms with Crippen LogP contribution in [0, 0.1) is 5.92 Å². The fourth-order valence-electron chi connectivity index (χ4n) is 3.63.